The molecule has 130 valence electrons. The number of nitrogens with one attached hydrogen (secondary N) is 1. The van der Waals surface area contributed by atoms with Gasteiger partial charge in [-0.1, -0.05) is 6.07 Å². The quantitative estimate of drug-likeness (QED) is 0.556. The second kappa shape index (κ2) is 7.94. The van der Waals surface area contributed by atoms with Crippen molar-refractivity contribution in [1.29, 1.82) is 0 Å². The zero-order chi connectivity index (χ0) is 18.4. The fourth-order valence-electron chi connectivity index (χ4n) is 2.20. The van der Waals surface area contributed by atoms with E-state index in [0.717, 1.165) is 0 Å². The number of benzene rings is 2. The molecule has 3 rings (SSSR count). The minimum Gasteiger partial charge on any atom is -0.456 e. The van der Waals surface area contributed by atoms with Crippen LogP contribution in [0.25, 0.3) is 0 Å². The first kappa shape index (κ1) is 17.2. The number of pyridine rings is 1. The summed E-state index contributed by atoms with van der Waals surface area (Å²) in [5.41, 5.74) is 0.985. The molecule has 0 atom stereocenters. The molecule has 0 aliphatic carbocycles. The van der Waals surface area contributed by atoms with Gasteiger partial charge >= 0.3 is 5.97 Å². The lowest BCUT2D eigenvalue weighted by Gasteiger charge is -2.08. The summed E-state index contributed by atoms with van der Waals surface area (Å²) >= 11 is 0. The monoisotopic (exact) mass is 348 g/mol. The normalized spacial score (nSPS) is 10.0. The number of anilines is 1. The van der Waals surface area contributed by atoms with E-state index >= 15 is 0 Å². The molecular weight excluding hydrogens is 332 g/mol. The van der Waals surface area contributed by atoms with Gasteiger partial charge in [0, 0.05) is 24.9 Å². The second-order valence-electron chi connectivity index (χ2n) is 5.41. The third-order valence-electron chi connectivity index (χ3n) is 3.33. The molecule has 0 radical (unpaired) electrons. The minimum atomic E-state index is -0.502. The summed E-state index contributed by atoms with van der Waals surface area (Å²) < 4.78 is 11.0. The van der Waals surface area contributed by atoms with Crippen molar-refractivity contribution in [2.24, 2.45) is 0 Å². The molecule has 1 N–H and O–H groups in total. The highest BCUT2D eigenvalue weighted by atomic mass is 16.5. The Hall–Kier alpha value is -3.67. The van der Waals surface area contributed by atoms with Gasteiger partial charge in [-0.05, 0) is 48.5 Å². The third-order valence-corrected chi connectivity index (χ3v) is 3.33. The van der Waals surface area contributed by atoms with Crippen molar-refractivity contribution < 1.29 is 19.1 Å². The van der Waals surface area contributed by atoms with Crippen molar-refractivity contribution >= 4 is 17.6 Å². The molecule has 0 unspecified atom stereocenters. The zero-order valence-corrected chi connectivity index (χ0v) is 14.0. The summed E-state index contributed by atoms with van der Waals surface area (Å²) in [5, 5.41) is 2.64. The molecule has 0 aliphatic heterocycles. The van der Waals surface area contributed by atoms with Gasteiger partial charge in [-0.2, -0.15) is 0 Å². The lowest BCUT2D eigenvalue weighted by atomic mass is 10.2. The van der Waals surface area contributed by atoms with Crippen LogP contribution < -0.4 is 14.8 Å². The Morgan fingerprint density at radius 3 is 2.35 bits per heavy atom. The minimum absolute atomic E-state index is 0.175. The van der Waals surface area contributed by atoms with Crippen LogP contribution in [0.3, 0.4) is 0 Å². The van der Waals surface area contributed by atoms with Crippen LogP contribution in [0.2, 0.25) is 0 Å². The maximum absolute atomic E-state index is 12.3. The van der Waals surface area contributed by atoms with Crippen molar-refractivity contribution in [3.05, 3.63) is 78.6 Å². The number of aromatic nitrogens is 1. The van der Waals surface area contributed by atoms with Gasteiger partial charge in [0.05, 0.1) is 11.8 Å². The van der Waals surface area contributed by atoms with Crippen LogP contribution in [-0.2, 0) is 4.79 Å². The molecule has 6 heteroatoms. The summed E-state index contributed by atoms with van der Waals surface area (Å²) in [6.07, 6.45) is 3.25. The Morgan fingerprint density at radius 2 is 1.65 bits per heavy atom. The zero-order valence-electron chi connectivity index (χ0n) is 14.0. The van der Waals surface area contributed by atoms with Gasteiger partial charge in [0.1, 0.15) is 17.2 Å². The first-order valence-electron chi connectivity index (χ1n) is 7.88. The number of rotatable bonds is 5. The van der Waals surface area contributed by atoms with Gasteiger partial charge in [0.2, 0.25) is 5.91 Å². The van der Waals surface area contributed by atoms with Crippen LogP contribution in [0.1, 0.15) is 17.3 Å². The van der Waals surface area contributed by atoms with Crippen molar-refractivity contribution in [1.82, 2.24) is 4.98 Å². The molecule has 2 aromatic carbocycles. The van der Waals surface area contributed by atoms with Gasteiger partial charge in [0.25, 0.3) is 0 Å². The Kier molecular flexibility index (Phi) is 5.24. The van der Waals surface area contributed by atoms with Crippen LogP contribution in [-0.4, -0.2) is 16.9 Å². The Morgan fingerprint density at radius 1 is 0.923 bits per heavy atom. The summed E-state index contributed by atoms with van der Waals surface area (Å²) in [4.78, 5) is 27.3. The first-order chi connectivity index (χ1) is 12.6. The molecular formula is C20H16N2O4. The molecule has 1 aromatic heterocycles. The van der Waals surface area contributed by atoms with Gasteiger partial charge < -0.3 is 14.8 Å². The average molecular weight is 348 g/mol. The summed E-state index contributed by atoms with van der Waals surface area (Å²) in [7, 11) is 0. The molecule has 1 amide bonds. The lowest BCUT2D eigenvalue weighted by molar-refractivity contribution is -0.114. The van der Waals surface area contributed by atoms with Crippen LogP contribution in [0.4, 0.5) is 5.69 Å². The van der Waals surface area contributed by atoms with E-state index in [2.05, 4.69) is 10.3 Å². The maximum atomic E-state index is 12.3. The average Bonchev–Trinajstić information content (AvgIpc) is 2.63. The number of hydrogen-bond donors (Lipinski definition) is 1. The number of hydrogen-bond acceptors (Lipinski definition) is 5. The smallest absolute Gasteiger partial charge is 0.343 e. The number of carbonyl (C=O) groups excluding carboxylic acids is 2. The summed E-state index contributed by atoms with van der Waals surface area (Å²) in [5.74, 6) is 0.805. The highest BCUT2D eigenvalue weighted by Gasteiger charge is 2.10. The van der Waals surface area contributed by atoms with Crippen molar-refractivity contribution in [3.8, 4) is 17.2 Å². The van der Waals surface area contributed by atoms with E-state index in [1.807, 2.05) is 0 Å². The standard InChI is InChI=1S/C20H16N2O4/c1-14(23)22-16-9-7-15(8-10-16)20(24)26-18-5-2-4-17(12-18)25-19-6-3-11-21-13-19/h2-13H,1H3,(H,22,23). The molecule has 0 bridgehead atoms. The molecule has 6 nitrogen and oxygen atoms in total. The molecule has 1 heterocycles. The van der Waals surface area contributed by atoms with Crippen LogP contribution in [0, 0.1) is 0 Å². The molecule has 0 saturated carbocycles. The SMILES string of the molecule is CC(=O)Nc1ccc(C(=O)Oc2cccc(Oc3cccnc3)c2)cc1. The molecule has 0 fully saturated rings. The number of nitrogens with zero attached hydrogens (tertiary/aromatic N) is 1. The van der Waals surface area contributed by atoms with Crippen LogP contribution in [0.5, 0.6) is 17.2 Å². The number of amides is 1. The largest absolute Gasteiger partial charge is 0.456 e. The number of ether oxygens (including phenoxy) is 2. The van der Waals surface area contributed by atoms with Crippen molar-refractivity contribution in [2.45, 2.75) is 6.92 Å². The summed E-state index contributed by atoms with van der Waals surface area (Å²) in [6, 6.07) is 16.8. The topological polar surface area (TPSA) is 77.5 Å². The predicted octanol–water partition coefficient (Wildman–Crippen LogP) is 4.05. The van der Waals surface area contributed by atoms with Crippen molar-refractivity contribution in [3.63, 3.8) is 0 Å². The first-order valence-corrected chi connectivity index (χ1v) is 7.88. The molecule has 0 aliphatic rings. The highest BCUT2D eigenvalue weighted by molar-refractivity contribution is 5.93. The van der Waals surface area contributed by atoms with E-state index in [0.29, 0.717) is 28.5 Å². The van der Waals surface area contributed by atoms with E-state index in [-0.39, 0.29) is 5.91 Å². The molecule has 0 spiro atoms. The van der Waals surface area contributed by atoms with Gasteiger partial charge in [-0.3, -0.25) is 9.78 Å². The fourth-order valence-corrected chi connectivity index (χ4v) is 2.20. The maximum Gasteiger partial charge on any atom is 0.343 e. The third kappa shape index (κ3) is 4.67. The van der Waals surface area contributed by atoms with Gasteiger partial charge in [0.15, 0.2) is 0 Å². The number of esters is 1. The van der Waals surface area contributed by atoms with E-state index in [1.54, 1.807) is 73.1 Å². The van der Waals surface area contributed by atoms with Crippen LogP contribution >= 0.6 is 0 Å². The van der Waals surface area contributed by atoms with Gasteiger partial charge in [-0.25, -0.2) is 4.79 Å². The number of carbonyl (C=O) groups is 2. The molecule has 3 aromatic rings. The van der Waals surface area contributed by atoms with E-state index in [4.69, 9.17) is 9.47 Å². The fraction of sp³-hybridized carbons (Fsp3) is 0.0500. The van der Waals surface area contributed by atoms with E-state index < -0.39 is 5.97 Å². The lowest BCUT2D eigenvalue weighted by Crippen LogP contribution is -2.09. The van der Waals surface area contributed by atoms with E-state index in [9.17, 15) is 9.59 Å². The van der Waals surface area contributed by atoms with Crippen LogP contribution in [0.15, 0.2) is 73.1 Å². The van der Waals surface area contributed by atoms with E-state index in [1.165, 1.54) is 6.92 Å². The highest BCUT2D eigenvalue weighted by Crippen LogP contribution is 2.25. The Bertz CT molecular complexity index is 909. The molecule has 0 saturated heterocycles. The molecule has 26 heavy (non-hydrogen) atoms. The van der Waals surface area contributed by atoms with Crippen molar-refractivity contribution in [2.75, 3.05) is 5.32 Å². The predicted molar refractivity (Wildman–Crippen MR) is 96.5 cm³/mol. The Balaban J connectivity index is 1.67. The second-order valence-corrected chi connectivity index (χ2v) is 5.41. The summed E-state index contributed by atoms with van der Waals surface area (Å²) in [6.45, 7) is 1.42. The Labute approximate surface area is 150 Å². The van der Waals surface area contributed by atoms with Gasteiger partial charge in [-0.15, -0.1) is 0 Å².